The molecular weight excluding hydrogens is 357 g/mol. The zero-order chi connectivity index (χ0) is 18.5. The van der Waals surface area contributed by atoms with E-state index in [9.17, 15) is 35.5 Å². The van der Waals surface area contributed by atoms with Crippen LogP contribution < -0.4 is 4.74 Å². The van der Waals surface area contributed by atoms with E-state index < -0.39 is 64.1 Å². The third-order valence-electron chi connectivity index (χ3n) is 3.64. The standard InChI is InChI=1S/C16H7F7O2/c17-6-3-7(18)5-8(4-6)25-10-2-1-9-11(12(10)15(20)21)14(24)16(22,23)13(9)19/h1-5,13,15H. The van der Waals surface area contributed by atoms with Gasteiger partial charge in [-0.1, -0.05) is 6.07 Å². The summed E-state index contributed by atoms with van der Waals surface area (Å²) in [5, 5.41) is 0. The fourth-order valence-electron chi connectivity index (χ4n) is 2.58. The van der Waals surface area contributed by atoms with Gasteiger partial charge in [-0.15, -0.1) is 0 Å². The summed E-state index contributed by atoms with van der Waals surface area (Å²) in [6.07, 6.45) is -6.53. The van der Waals surface area contributed by atoms with Crippen molar-refractivity contribution < 1.29 is 40.3 Å². The number of hydrogen-bond donors (Lipinski definition) is 0. The first-order valence-corrected chi connectivity index (χ1v) is 6.78. The Morgan fingerprint density at radius 3 is 2.20 bits per heavy atom. The van der Waals surface area contributed by atoms with Gasteiger partial charge in [0.15, 0.2) is 6.17 Å². The Hall–Kier alpha value is -2.58. The predicted octanol–water partition coefficient (Wildman–Crippen LogP) is 5.54. The van der Waals surface area contributed by atoms with E-state index in [1.54, 1.807) is 0 Å². The lowest BCUT2D eigenvalue weighted by Gasteiger charge is -2.14. The molecule has 2 aromatic carbocycles. The number of rotatable bonds is 3. The van der Waals surface area contributed by atoms with Crippen LogP contribution >= 0.6 is 0 Å². The molecule has 0 radical (unpaired) electrons. The third kappa shape index (κ3) is 2.73. The SMILES string of the molecule is O=C1c2c(ccc(Oc3cc(F)cc(F)c3)c2C(F)F)C(F)C1(F)F. The highest BCUT2D eigenvalue weighted by Gasteiger charge is 2.58. The van der Waals surface area contributed by atoms with Gasteiger partial charge in [0.2, 0.25) is 5.78 Å². The lowest BCUT2D eigenvalue weighted by atomic mass is 10.0. The van der Waals surface area contributed by atoms with Gasteiger partial charge in [0.25, 0.3) is 6.43 Å². The summed E-state index contributed by atoms with van der Waals surface area (Å²) in [5.41, 5.74) is -3.32. The number of fused-ring (bicyclic) bond motifs is 1. The molecule has 0 aliphatic heterocycles. The van der Waals surface area contributed by atoms with Crippen LogP contribution in [0.3, 0.4) is 0 Å². The first-order valence-electron chi connectivity index (χ1n) is 6.78. The second kappa shape index (κ2) is 5.75. The number of ether oxygens (including phenoxy) is 1. The zero-order valence-electron chi connectivity index (χ0n) is 12.0. The van der Waals surface area contributed by atoms with E-state index in [0.717, 1.165) is 6.07 Å². The second-order valence-electron chi connectivity index (χ2n) is 5.26. The van der Waals surface area contributed by atoms with Gasteiger partial charge in [0.1, 0.15) is 23.1 Å². The Morgan fingerprint density at radius 1 is 1.04 bits per heavy atom. The molecule has 132 valence electrons. The summed E-state index contributed by atoms with van der Waals surface area (Å²) in [7, 11) is 0. The number of benzene rings is 2. The average Bonchev–Trinajstić information content (AvgIpc) is 2.67. The van der Waals surface area contributed by atoms with E-state index in [4.69, 9.17) is 4.74 Å². The van der Waals surface area contributed by atoms with Crippen LogP contribution in [0.5, 0.6) is 11.5 Å². The predicted molar refractivity (Wildman–Crippen MR) is 71.0 cm³/mol. The quantitative estimate of drug-likeness (QED) is 0.669. The summed E-state index contributed by atoms with van der Waals surface area (Å²) in [6.45, 7) is 0. The molecule has 0 N–H and O–H groups in total. The van der Waals surface area contributed by atoms with E-state index >= 15 is 0 Å². The monoisotopic (exact) mass is 364 g/mol. The van der Waals surface area contributed by atoms with Crippen molar-refractivity contribution in [3.05, 3.63) is 58.7 Å². The van der Waals surface area contributed by atoms with Crippen LogP contribution in [0.25, 0.3) is 0 Å². The van der Waals surface area contributed by atoms with E-state index in [-0.39, 0.29) is 0 Å². The second-order valence-corrected chi connectivity index (χ2v) is 5.26. The van der Waals surface area contributed by atoms with Crippen molar-refractivity contribution in [1.82, 2.24) is 0 Å². The van der Waals surface area contributed by atoms with Crippen molar-refractivity contribution >= 4 is 5.78 Å². The van der Waals surface area contributed by atoms with Crippen molar-refractivity contribution in [2.75, 3.05) is 0 Å². The average molecular weight is 364 g/mol. The van der Waals surface area contributed by atoms with Gasteiger partial charge in [-0.05, 0) is 6.07 Å². The van der Waals surface area contributed by atoms with Crippen LogP contribution in [0.1, 0.15) is 34.1 Å². The smallest absolute Gasteiger partial charge is 0.344 e. The molecule has 0 saturated carbocycles. The number of ketones is 1. The maximum absolute atomic E-state index is 13.7. The highest BCUT2D eigenvalue weighted by Crippen LogP contribution is 2.50. The minimum atomic E-state index is -4.48. The molecule has 0 aromatic heterocycles. The van der Waals surface area contributed by atoms with Crippen molar-refractivity contribution in [2.24, 2.45) is 0 Å². The van der Waals surface area contributed by atoms with Crippen LogP contribution in [0.15, 0.2) is 30.3 Å². The number of Topliss-reactive ketones (excluding diaryl/α,β-unsaturated/α-hetero) is 1. The highest BCUT2D eigenvalue weighted by molar-refractivity contribution is 6.08. The fourth-order valence-corrected chi connectivity index (χ4v) is 2.58. The molecule has 0 spiro atoms. The van der Waals surface area contributed by atoms with Crippen LogP contribution in [0, 0.1) is 11.6 Å². The van der Waals surface area contributed by atoms with Gasteiger partial charge in [-0.2, -0.15) is 8.78 Å². The van der Waals surface area contributed by atoms with Gasteiger partial charge >= 0.3 is 5.92 Å². The topological polar surface area (TPSA) is 26.3 Å². The Bertz CT molecular complexity index is 844. The molecule has 3 rings (SSSR count). The lowest BCUT2D eigenvalue weighted by molar-refractivity contribution is -0.0364. The normalized spacial score (nSPS) is 18.6. The van der Waals surface area contributed by atoms with E-state index in [1.807, 2.05) is 0 Å². The van der Waals surface area contributed by atoms with Crippen molar-refractivity contribution in [1.29, 1.82) is 0 Å². The van der Waals surface area contributed by atoms with Gasteiger partial charge < -0.3 is 4.74 Å². The van der Waals surface area contributed by atoms with Gasteiger partial charge in [0.05, 0.1) is 5.56 Å². The molecule has 2 aromatic rings. The molecule has 0 bridgehead atoms. The molecule has 1 aliphatic carbocycles. The van der Waals surface area contributed by atoms with Crippen LogP contribution in [-0.4, -0.2) is 11.7 Å². The third-order valence-corrected chi connectivity index (χ3v) is 3.64. The molecule has 9 heteroatoms. The Kier molecular flexibility index (Phi) is 3.97. The largest absolute Gasteiger partial charge is 0.457 e. The van der Waals surface area contributed by atoms with Crippen LogP contribution in [0.4, 0.5) is 30.7 Å². The summed E-state index contributed by atoms with van der Waals surface area (Å²) in [6, 6.07) is 3.28. The van der Waals surface area contributed by atoms with Crippen LogP contribution in [0.2, 0.25) is 0 Å². The van der Waals surface area contributed by atoms with Gasteiger partial charge in [-0.25, -0.2) is 22.0 Å². The summed E-state index contributed by atoms with van der Waals surface area (Å²) in [4.78, 5) is 11.7. The number of carbonyl (C=O) groups excluding carboxylic acids is 1. The molecule has 0 heterocycles. The van der Waals surface area contributed by atoms with E-state index in [0.29, 0.717) is 24.3 Å². The molecule has 1 unspecified atom stereocenters. The number of hydrogen-bond acceptors (Lipinski definition) is 2. The number of alkyl halides is 5. The Labute approximate surface area is 135 Å². The van der Waals surface area contributed by atoms with Gasteiger partial charge in [-0.3, -0.25) is 4.79 Å². The van der Waals surface area contributed by atoms with Crippen molar-refractivity contribution in [3.63, 3.8) is 0 Å². The van der Waals surface area contributed by atoms with E-state index in [1.165, 1.54) is 0 Å². The molecule has 2 nitrogen and oxygen atoms in total. The first kappa shape index (κ1) is 17.2. The first-order chi connectivity index (χ1) is 11.6. The molecule has 1 atom stereocenters. The summed E-state index contributed by atoms with van der Waals surface area (Å²) in [5.74, 6) is -10.0. The van der Waals surface area contributed by atoms with E-state index in [2.05, 4.69) is 0 Å². The fraction of sp³-hybridized carbons (Fsp3) is 0.188. The summed E-state index contributed by atoms with van der Waals surface area (Å²) >= 11 is 0. The molecular formula is C16H7F7O2. The Morgan fingerprint density at radius 2 is 1.64 bits per heavy atom. The highest BCUT2D eigenvalue weighted by atomic mass is 19.3. The number of carbonyl (C=O) groups is 1. The maximum atomic E-state index is 13.7. The molecule has 0 fully saturated rings. The number of halogens is 7. The molecule has 0 saturated heterocycles. The van der Waals surface area contributed by atoms with Gasteiger partial charge in [0, 0.05) is 29.3 Å². The molecule has 1 aliphatic rings. The zero-order valence-corrected chi connectivity index (χ0v) is 12.0. The minimum absolute atomic E-state index is 0.501. The summed E-state index contributed by atoms with van der Waals surface area (Å²) < 4.78 is 98.7. The molecule has 25 heavy (non-hydrogen) atoms. The lowest BCUT2D eigenvalue weighted by Crippen LogP contribution is -2.26. The molecule has 0 amide bonds. The van der Waals surface area contributed by atoms with Crippen LogP contribution in [-0.2, 0) is 0 Å². The van der Waals surface area contributed by atoms with Crippen molar-refractivity contribution in [2.45, 2.75) is 18.5 Å². The Balaban J connectivity index is 2.14. The maximum Gasteiger partial charge on any atom is 0.344 e. The minimum Gasteiger partial charge on any atom is -0.457 e. The van der Waals surface area contributed by atoms with Crippen molar-refractivity contribution in [3.8, 4) is 11.5 Å².